The standard InChI is InChI=1S/C24H25N3O3S/c1-18-13-15-27(16-14-18)31(29,30)22-10-8-21(9-11-22)25-26-23-17-20(7-12-24(23)28)19-5-3-2-4-6-19/h2-12,17-18,28H,13-16H2,1H3. The molecule has 1 heterocycles. The summed E-state index contributed by atoms with van der Waals surface area (Å²) >= 11 is 0. The van der Waals surface area contributed by atoms with Crippen molar-refractivity contribution in [3.05, 3.63) is 72.8 Å². The van der Waals surface area contributed by atoms with Gasteiger partial charge in [0.1, 0.15) is 11.4 Å². The van der Waals surface area contributed by atoms with Gasteiger partial charge in [-0.15, -0.1) is 5.11 Å². The molecule has 6 nitrogen and oxygen atoms in total. The molecule has 0 spiro atoms. The van der Waals surface area contributed by atoms with Crippen LogP contribution in [0.4, 0.5) is 11.4 Å². The van der Waals surface area contributed by atoms with E-state index in [1.54, 1.807) is 40.7 Å². The number of azo groups is 1. The van der Waals surface area contributed by atoms with Crippen molar-refractivity contribution in [1.82, 2.24) is 4.31 Å². The predicted molar refractivity (Wildman–Crippen MR) is 121 cm³/mol. The number of rotatable bonds is 5. The third-order valence-corrected chi connectivity index (χ3v) is 7.49. The monoisotopic (exact) mass is 435 g/mol. The molecule has 7 heteroatoms. The van der Waals surface area contributed by atoms with Crippen molar-refractivity contribution in [2.75, 3.05) is 13.1 Å². The lowest BCUT2D eigenvalue weighted by molar-refractivity contribution is 0.288. The maximum atomic E-state index is 12.8. The van der Waals surface area contributed by atoms with Gasteiger partial charge in [-0.05, 0) is 66.3 Å². The fourth-order valence-electron chi connectivity index (χ4n) is 3.58. The molecular weight excluding hydrogens is 410 g/mol. The summed E-state index contributed by atoms with van der Waals surface area (Å²) in [6.07, 6.45) is 1.77. The van der Waals surface area contributed by atoms with Gasteiger partial charge in [-0.25, -0.2) is 8.42 Å². The Morgan fingerprint density at radius 1 is 0.871 bits per heavy atom. The summed E-state index contributed by atoms with van der Waals surface area (Å²) < 4.78 is 27.2. The minimum absolute atomic E-state index is 0.0296. The number of hydrogen-bond donors (Lipinski definition) is 1. The second-order valence-electron chi connectivity index (χ2n) is 7.85. The topological polar surface area (TPSA) is 82.3 Å². The third-order valence-electron chi connectivity index (χ3n) is 5.57. The van der Waals surface area contributed by atoms with Crippen LogP contribution in [0.1, 0.15) is 19.8 Å². The molecule has 0 saturated carbocycles. The summed E-state index contributed by atoms with van der Waals surface area (Å²) in [7, 11) is -3.49. The van der Waals surface area contributed by atoms with Gasteiger partial charge < -0.3 is 5.11 Å². The largest absolute Gasteiger partial charge is 0.506 e. The quantitative estimate of drug-likeness (QED) is 0.507. The average molecular weight is 436 g/mol. The smallest absolute Gasteiger partial charge is 0.243 e. The molecule has 3 aromatic rings. The first-order valence-electron chi connectivity index (χ1n) is 10.3. The molecule has 160 valence electrons. The Labute approximate surface area is 182 Å². The van der Waals surface area contributed by atoms with Crippen LogP contribution in [-0.2, 0) is 10.0 Å². The first-order valence-corrected chi connectivity index (χ1v) is 11.8. The van der Waals surface area contributed by atoms with E-state index in [1.165, 1.54) is 0 Å². The second-order valence-corrected chi connectivity index (χ2v) is 9.79. The second kappa shape index (κ2) is 8.99. The van der Waals surface area contributed by atoms with Crippen LogP contribution >= 0.6 is 0 Å². The fraction of sp³-hybridized carbons (Fsp3) is 0.250. The highest BCUT2D eigenvalue weighted by Gasteiger charge is 2.27. The van der Waals surface area contributed by atoms with E-state index < -0.39 is 10.0 Å². The molecule has 3 aromatic carbocycles. The van der Waals surface area contributed by atoms with Gasteiger partial charge in [0.25, 0.3) is 0 Å². The zero-order valence-electron chi connectivity index (χ0n) is 17.3. The van der Waals surface area contributed by atoms with Crippen LogP contribution in [0.25, 0.3) is 11.1 Å². The van der Waals surface area contributed by atoms with E-state index in [9.17, 15) is 13.5 Å². The Hall–Kier alpha value is -3.03. The molecule has 0 aromatic heterocycles. The highest BCUT2D eigenvalue weighted by molar-refractivity contribution is 7.89. The third kappa shape index (κ3) is 4.84. The molecule has 1 N–H and O–H groups in total. The van der Waals surface area contributed by atoms with Gasteiger partial charge in [0.05, 0.1) is 10.6 Å². The summed E-state index contributed by atoms with van der Waals surface area (Å²) in [6, 6.07) is 21.4. The predicted octanol–water partition coefficient (Wildman–Crippen LogP) is 5.90. The molecule has 0 amide bonds. The Morgan fingerprint density at radius 3 is 2.23 bits per heavy atom. The average Bonchev–Trinajstić information content (AvgIpc) is 2.80. The van der Waals surface area contributed by atoms with Crippen LogP contribution < -0.4 is 0 Å². The van der Waals surface area contributed by atoms with Crippen molar-refractivity contribution in [3.8, 4) is 16.9 Å². The van der Waals surface area contributed by atoms with Gasteiger partial charge in [0.15, 0.2) is 0 Å². The first-order chi connectivity index (χ1) is 14.9. The van der Waals surface area contributed by atoms with Crippen LogP contribution in [0.5, 0.6) is 5.75 Å². The normalized spacial score (nSPS) is 16.0. The summed E-state index contributed by atoms with van der Waals surface area (Å²) in [5.41, 5.74) is 2.79. The zero-order valence-corrected chi connectivity index (χ0v) is 18.2. The Bertz CT molecular complexity index is 1170. The number of benzene rings is 3. The van der Waals surface area contributed by atoms with E-state index in [2.05, 4.69) is 17.2 Å². The highest BCUT2D eigenvalue weighted by Crippen LogP contribution is 2.33. The van der Waals surface area contributed by atoms with E-state index in [1.807, 2.05) is 36.4 Å². The Morgan fingerprint density at radius 2 is 1.55 bits per heavy atom. The molecule has 1 fully saturated rings. The van der Waals surface area contributed by atoms with E-state index in [4.69, 9.17) is 0 Å². The molecule has 0 atom stereocenters. The maximum Gasteiger partial charge on any atom is 0.243 e. The molecule has 1 saturated heterocycles. The minimum Gasteiger partial charge on any atom is -0.506 e. The molecular formula is C24H25N3O3S. The molecule has 0 radical (unpaired) electrons. The molecule has 1 aliphatic heterocycles. The summed E-state index contributed by atoms with van der Waals surface area (Å²) in [4.78, 5) is 0.259. The molecule has 31 heavy (non-hydrogen) atoms. The number of sulfonamides is 1. The number of piperidine rings is 1. The van der Waals surface area contributed by atoms with Crippen molar-refractivity contribution in [1.29, 1.82) is 0 Å². The SMILES string of the molecule is CC1CCN(S(=O)(=O)c2ccc(N=Nc3cc(-c4ccccc4)ccc3O)cc2)CC1. The molecule has 0 unspecified atom stereocenters. The fourth-order valence-corrected chi connectivity index (χ4v) is 5.05. The van der Waals surface area contributed by atoms with Crippen molar-refractivity contribution in [2.45, 2.75) is 24.7 Å². The first kappa shape index (κ1) is 21.2. The number of hydrogen-bond acceptors (Lipinski definition) is 5. The van der Waals surface area contributed by atoms with Crippen LogP contribution in [0.2, 0.25) is 0 Å². The van der Waals surface area contributed by atoms with Gasteiger partial charge in [0.2, 0.25) is 10.0 Å². The van der Waals surface area contributed by atoms with Gasteiger partial charge >= 0.3 is 0 Å². The van der Waals surface area contributed by atoms with Gasteiger partial charge in [0, 0.05) is 13.1 Å². The molecule has 4 rings (SSSR count). The Kier molecular flexibility index (Phi) is 6.15. The number of phenolic OH excluding ortho intramolecular Hbond substituents is 1. The van der Waals surface area contributed by atoms with E-state index >= 15 is 0 Å². The lowest BCUT2D eigenvalue weighted by Crippen LogP contribution is -2.37. The number of nitrogens with zero attached hydrogens (tertiary/aromatic N) is 3. The van der Waals surface area contributed by atoms with E-state index in [0.29, 0.717) is 30.4 Å². The Balaban J connectivity index is 1.52. The van der Waals surface area contributed by atoms with Crippen molar-refractivity contribution in [3.63, 3.8) is 0 Å². The van der Waals surface area contributed by atoms with Crippen LogP contribution in [-0.4, -0.2) is 30.9 Å². The van der Waals surface area contributed by atoms with Crippen LogP contribution in [0.15, 0.2) is 87.9 Å². The van der Waals surface area contributed by atoms with Crippen molar-refractivity contribution < 1.29 is 13.5 Å². The van der Waals surface area contributed by atoms with E-state index in [0.717, 1.165) is 24.0 Å². The van der Waals surface area contributed by atoms with Crippen LogP contribution in [0.3, 0.4) is 0 Å². The van der Waals surface area contributed by atoms with Crippen LogP contribution in [0, 0.1) is 5.92 Å². The highest BCUT2D eigenvalue weighted by atomic mass is 32.2. The molecule has 1 aliphatic rings. The molecule has 0 bridgehead atoms. The zero-order chi connectivity index (χ0) is 21.8. The number of phenols is 1. The van der Waals surface area contributed by atoms with Crippen molar-refractivity contribution >= 4 is 21.4 Å². The minimum atomic E-state index is -3.49. The van der Waals surface area contributed by atoms with Gasteiger partial charge in [-0.2, -0.15) is 9.42 Å². The van der Waals surface area contributed by atoms with Gasteiger partial charge in [-0.1, -0.05) is 43.3 Å². The summed E-state index contributed by atoms with van der Waals surface area (Å²) in [6.45, 7) is 3.26. The lowest BCUT2D eigenvalue weighted by atomic mass is 10.0. The van der Waals surface area contributed by atoms with E-state index in [-0.39, 0.29) is 10.6 Å². The molecule has 0 aliphatic carbocycles. The number of aromatic hydroxyl groups is 1. The van der Waals surface area contributed by atoms with Crippen molar-refractivity contribution in [2.24, 2.45) is 16.1 Å². The summed E-state index contributed by atoms with van der Waals surface area (Å²) in [5.74, 6) is 0.591. The maximum absolute atomic E-state index is 12.8. The summed E-state index contributed by atoms with van der Waals surface area (Å²) in [5, 5.41) is 18.5. The lowest BCUT2D eigenvalue weighted by Gasteiger charge is -2.29. The van der Waals surface area contributed by atoms with Gasteiger partial charge in [-0.3, -0.25) is 0 Å².